The Morgan fingerprint density at radius 2 is 1.96 bits per heavy atom. The molecule has 0 fully saturated rings. The minimum absolute atomic E-state index is 0.204. The summed E-state index contributed by atoms with van der Waals surface area (Å²) in [4.78, 5) is 21.1. The minimum Gasteiger partial charge on any atom is -0.473 e. The maximum absolute atomic E-state index is 12.5. The van der Waals surface area contributed by atoms with Crippen LogP contribution in [0.15, 0.2) is 77.7 Å². The monoisotopic (exact) mass is 436 g/mol. The summed E-state index contributed by atoms with van der Waals surface area (Å²) in [6.07, 6.45) is 5.38. The molecule has 0 saturated carbocycles. The van der Waals surface area contributed by atoms with Crippen molar-refractivity contribution in [1.82, 2.24) is 19.7 Å². The molecule has 1 aromatic carbocycles. The lowest BCUT2D eigenvalue weighted by molar-refractivity contribution is 0.0949. The van der Waals surface area contributed by atoms with Gasteiger partial charge < -0.3 is 14.5 Å². The van der Waals surface area contributed by atoms with Crippen LogP contribution in [0.3, 0.4) is 0 Å². The van der Waals surface area contributed by atoms with Gasteiger partial charge in [0.2, 0.25) is 5.88 Å². The third kappa shape index (κ3) is 4.37. The first-order valence-electron chi connectivity index (χ1n) is 8.71. The highest BCUT2D eigenvalue weighted by atomic mass is 79.9. The number of rotatable bonds is 6. The zero-order valence-corrected chi connectivity index (χ0v) is 16.5. The number of hydrogen-bond donors (Lipinski definition) is 1. The Hall–Kier alpha value is -3.19. The fraction of sp³-hybridized carbons (Fsp3) is 0.0952. The normalized spacial score (nSPS) is 10.8. The van der Waals surface area contributed by atoms with Gasteiger partial charge in [0.05, 0.1) is 12.2 Å². The van der Waals surface area contributed by atoms with Gasteiger partial charge in [-0.1, -0.05) is 30.3 Å². The van der Waals surface area contributed by atoms with E-state index in [-0.39, 0.29) is 5.91 Å². The molecule has 3 aromatic heterocycles. The molecule has 0 bridgehead atoms. The van der Waals surface area contributed by atoms with Crippen LogP contribution in [-0.2, 0) is 13.2 Å². The smallest absolute Gasteiger partial charge is 0.251 e. The van der Waals surface area contributed by atoms with Gasteiger partial charge in [-0.2, -0.15) is 0 Å². The highest BCUT2D eigenvalue weighted by molar-refractivity contribution is 9.10. The largest absolute Gasteiger partial charge is 0.473 e. The number of amides is 1. The molecular weight excluding hydrogens is 420 g/mol. The number of halogens is 1. The van der Waals surface area contributed by atoms with Crippen molar-refractivity contribution in [3.63, 3.8) is 0 Å². The third-order valence-electron chi connectivity index (χ3n) is 4.12. The highest BCUT2D eigenvalue weighted by Crippen LogP contribution is 2.14. The third-order valence-corrected chi connectivity index (χ3v) is 4.59. The molecular formula is C21H17BrN4O2. The van der Waals surface area contributed by atoms with E-state index >= 15 is 0 Å². The van der Waals surface area contributed by atoms with Gasteiger partial charge in [-0.15, -0.1) is 0 Å². The number of nitrogens with zero attached hydrogens (tertiary/aromatic N) is 3. The van der Waals surface area contributed by atoms with Crippen molar-refractivity contribution in [2.45, 2.75) is 13.2 Å². The number of hydrogen-bond acceptors (Lipinski definition) is 4. The highest BCUT2D eigenvalue weighted by Gasteiger charge is 2.09. The van der Waals surface area contributed by atoms with Crippen LogP contribution < -0.4 is 10.1 Å². The molecule has 1 N–H and O–H groups in total. The van der Waals surface area contributed by atoms with Crippen LogP contribution in [0.2, 0.25) is 0 Å². The molecule has 7 heteroatoms. The maximum Gasteiger partial charge on any atom is 0.251 e. The summed E-state index contributed by atoms with van der Waals surface area (Å²) in [6, 6.07) is 16.9. The molecule has 0 spiro atoms. The molecule has 4 aromatic rings. The SMILES string of the molecule is O=C(NCc1cn2cc(Br)ccc2n1)c1ccnc(OCc2ccccc2)c1. The van der Waals surface area contributed by atoms with Crippen molar-refractivity contribution in [3.8, 4) is 5.88 Å². The van der Waals surface area contributed by atoms with E-state index in [2.05, 4.69) is 31.2 Å². The molecule has 0 radical (unpaired) electrons. The van der Waals surface area contributed by atoms with Gasteiger partial charge in [0.25, 0.3) is 5.91 Å². The van der Waals surface area contributed by atoms with E-state index in [0.29, 0.717) is 24.6 Å². The molecule has 0 saturated heterocycles. The summed E-state index contributed by atoms with van der Waals surface area (Å²) in [5.41, 5.74) is 3.14. The predicted octanol–water partition coefficient (Wildman–Crippen LogP) is 4.00. The molecule has 1 amide bonds. The second-order valence-electron chi connectivity index (χ2n) is 6.18. The first-order chi connectivity index (χ1) is 13.7. The molecule has 28 heavy (non-hydrogen) atoms. The Bertz CT molecular complexity index is 1110. The minimum atomic E-state index is -0.204. The molecule has 0 unspecified atom stereocenters. The summed E-state index contributed by atoms with van der Waals surface area (Å²) in [6.45, 7) is 0.733. The van der Waals surface area contributed by atoms with Crippen LogP contribution in [-0.4, -0.2) is 20.3 Å². The van der Waals surface area contributed by atoms with Crippen LogP contribution >= 0.6 is 15.9 Å². The van der Waals surface area contributed by atoms with Crippen molar-refractivity contribution >= 4 is 27.5 Å². The second-order valence-corrected chi connectivity index (χ2v) is 7.10. The van der Waals surface area contributed by atoms with Crippen molar-refractivity contribution < 1.29 is 9.53 Å². The Balaban J connectivity index is 1.38. The molecule has 6 nitrogen and oxygen atoms in total. The fourth-order valence-corrected chi connectivity index (χ4v) is 3.09. The summed E-state index contributed by atoms with van der Waals surface area (Å²) in [7, 11) is 0. The molecule has 0 atom stereocenters. The van der Waals surface area contributed by atoms with Gasteiger partial charge in [0.15, 0.2) is 0 Å². The molecule has 4 rings (SSSR count). The van der Waals surface area contributed by atoms with Gasteiger partial charge in [-0.25, -0.2) is 9.97 Å². The van der Waals surface area contributed by atoms with Crippen molar-refractivity contribution in [2.24, 2.45) is 0 Å². The molecule has 3 heterocycles. The topological polar surface area (TPSA) is 68.5 Å². The summed E-state index contributed by atoms with van der Waals surface area (Å²) in [5.74, 6) is 0.208. The lowest BCUT2D eigenvalue weighted by Crippen LogP contribution is -2.23. The Morgan fingerprint density at radius 1 is 1.11 bits per heavy atom. The Morgan fingerprint density at radius 3 is 2.82 bits per heavy atom. The van der Waals surface area contributed by atoms with E-state index in [1.807, 2.05) is 59.3 Å². The lowest BCUT2D eigenvalue weighted by atomic mass is 10.2. The molecule has 140 valence electrons. The van der Waals surface area contributed by atoms with Crippen LogP contribution in [0.25, 0.3) is 5.65 Å². The number of carbonyl (C=O) groups is 1. The van der Waals surface area contributed by atoms with Gasteiger partial charge >= 0.3 is 0 Å². The number of aromatic nitrogens is 3. The van der Waals surface area contributed by atoms with Crippen LogP contribution in [0.1, 0.15) is 21.6 Å². The lowest BCUT2D eigenvalue weighted by Gasteiger charge is -2.07. The summed E-state index contributed by atoms with van der Waals surface area (Å²) in [5, 5.41) is 2.88. The van der Waals surface area contributed by atoms with Crippen molar-refractivity contribution in [3.05, 3.63) is 94.5 Å². The van der Waals surface area contributed by atoms with E-state index < -0.39 is 0 Å². The van der Waals surface area contributed by atoms with Crippen molar-refractivity contribution in [2.75, 3.05) is 0 Å². The van der Waals surface area contributed by atoms with Crippen LogP contribution in [0.5, 0.6) is 5.88 Å². The average molecular weight is 437 g/mol. The number of fused-ring (bicyclic) bond motifs is 1. The zero-order chi connectivity index (χ0) is 19.3. The van der Waals surface area contributed by atoms with Crippen LogP contribution in [0.4, 0.5) is 0 Å². The number of pyridine rings is 2. The first kappa shape index (κ1) is 18.2. The first-order valence-corrected chi connectivity index (χ1v) is 9.51. The second kappa shape index (κ2) is 8.22. The Kier molecular flexibility index (Phi) is 5.34. The predicted molar refractivity (Wildman–Crippen MR) is 109 cm³/mol. The van der Waals surface area contributed by atoms with Gasteiger partial charge in [0, 0.05) is 34.7 Å². The van der Waals surface area contributed by atoms with Gasteiger partial charge in [-0.3, -0.25) is 4.79 Å². The molecule has 0 aliphatic rings. The van der Waals surface area contributed by atoms with Crippen LogP contribution in [0, 0.1) is 0 Å². The number of imidazole rings is 1. The number of benzene rings is 1. The summed E-state index contributed by atoms with van der Waals surface area (Å²) >= 11 is 3.43. The Labute approximate surface area is 170 Å². The van der Waals surface area contributed by atoms with Gasteiger partial charge in [-0.05, 0) is 39.7 Å². The van der Waals surface area contributed by atoms with E-state index in [4.69, 9.17) is 4.74 Å². The number of carbonyl (C=O) groups excluding carboxylic acids is 1. The summed E-state index contributed by atoms with van der Waals surface area (Å²) < 4.78 is 8.56. The standard InChI is InChI=1S/C21H17BrN4O2/c22-17-6-7-19-25-18(13-26(19)12-17)11-24-21(27)16-8-9-23-20(10-16)28-14-15-4-2-1-3-5-15/h1-10,12-13H,11,14H2,(H,24,27). The van der Waals surface area contributed by atoms with Gasteiger partial charge in [0.1, 0.15) is 12.3 Å². The molecule has 0 aliphatic carbocycles. The van der Waals surface area contributed by atoms with Crippen molar-refractivity contribution in [1.29, 1.82) is 0 Å². The number of ether oxygens (including phenoxy) is 1. The van der Waals surface area contributed by atoms with E-state index in [1.165, 1.54) is 0 Å². The fourth-order valence-electron chi connectivity index (χ4n) is 2.74. The average Bonchev–Trinajstić information content (AvgIpc) is 3.13. The van der Waals surface area contributed by atoms with E-state index in [0.717, 1.165) is 21.4 Å². The number of nitrogens with one attached hydrogen (secondary N) is 1. The van der Waals surface area contributed by atoms with E-state index in [9.17, 15) is 4.79 Å². The molecule has 0 aliphatic heterocycles. The quantitative estimate of drug-likeness (QED) is 0.495. The zero-order valence-electron chi connectivity index (χ0n) is 14.9. The maximum atomic E-state index is 12.5. The van der Waals surface area contributed by atoms with E-state index in [1.54, 1.807) is 18.3 Å².